The lowest BCUT2D eigenvalue weighted by atomic mass is 9.84. The number of benzene rings is 3. The van der Waals surface area contributed by atoms with Crippen molar-refractivity contribution in [2.45, 2.75) is 50.6 Å². The zero-order chi connectivity index (χ0) is 33.1. The number of carbonyl (C=O) groups excluding carboxylic acids is 1. The minimum absolute atomic E-state index is 0.0298. The number of aromatic nitrogens is 1. The van der Waals surface area contributed by atoms with Crippen LogP contribution in [0.4, 0.5) is 23.7 Å². The summed E-state index contributed by atoms with van der Waals surface area (Å²) in [7, 11) is 1.31. The van der Waals surface area contributed by atoms with Crippen LogP contribution in [0.5, 0.6) is 11.5 Å². The number of H-pyrrole nitrogens is 1. The Morgan fingerprint density at radius 3 is 2.55 bits per heavy atom. The minimum atomic E-state index is -4.58. The van der Waals surface area contributed by atoms with Gasteiger partial charge in [-0.2, -0.15) is 13.2 Å². The first-order valence-electron chi connectivity index (χ1n) is 15.5. The fourth-order valence-electron chi connectivity index (χ4n) is 6.40. The van der Waals surface area contributed by atoms with E-state index in [0.717, 1.165) is 58.8 Å². The molecule has 0 spiro atoms. The topological polar surface area (TPSA) is 117 Å². The molecule has 1 unspecified atom stereocenters. The van der Waals surface area contributed by atoms with E-state index in [1.54, 1.807) is 0 Å². The van der Waals surface area contributed by atoms with Gasteiger partial charge in [0, 0.05) is 35.1 Å². The predicted molar refractivity (Wildman–Crippen MR) is 172 cm³/mol. The van der Waals surface area contributed by atoms with Crippen molar-refractivity contribution in [3.05, 3.63) is 122 Å². The SMILES string of the molecule is COc1ccc(C(F)(F)F)cc1NC(=O)NCCCc1c(C(c2ccccc2)c2c(O)c3c(oc2=O)CCCC3)[nH]c2ccccc12. The molecule has 47 heavy (non-hydrogen) atoms. The molecule has 244 valence electrons. The molecular formula is C36H34F3N3O5. The number of alkyl halides is 3. The van der Waals surface area contributed by atoms with E-state index in [4.69, 9.17) is 9.15 Å². The maximum absolute atomic E-state index is 13.6. The summed E-state index contributed by atoms with van der Waals surface area (Å²) in [5.41, 5.74) is 2.55. The second-order valence-electron chi connectivity index (χ2n) is 11.6. The van der Waals surface area contributed by atoms with Crippen molar-refractivity contribution in [3.8, 4) is 11.5 Å². The van der Waals surface area contributed by atoms with Crippen molar-refractivity contribution >= 4 is 22.6 Å². The van der Waals surface area contributed by atoms with E-state index >= 15 is 0 Å². The van der Waals surface area contributed by atoms with Crippen LogP contribution in [0.3, 0.4) is 0 Å². The van der Waals surface area contributed by atoms with Gasteiger partial charge in [-0.1, -0.05) is 48.5 Å². The monoisotopic (exact) mass is 645 g/mol. The largest absolute Gasteiger partial charge is 0.507 e. The molecule has 0 radical (unpaired) electrons. The number of ether oxygens (including phenoxy) is 1. The molecule has 8 nitrogen and oxygen atoms in total. The van der Waals surface area contributed by atoms with Gasteiger partial charge in [0.15, 0.2) is 0 Å². The van der Waals surface area contributed by atoms with Crippen LogP contribution < -0.4 is 21.0 Å². The van der Waals surface area contributed by atoms with Gasteiger partial charge in [-0.05, 0) is 67.5 Å². The van der Waals surface area contributed by atoms with E-state index in [0.29, 0.717) is 37.0 Å². The van der Waals surface area contributed by atoms with Gasteiger partial charge in [0.1, 0.15) is 17.3 Å². The first-order valence-corrected chi connectivity index (χ1v) is 15.5. The van der Waals surface area contributed by atoms with Gasteiger partial charge in [0.05, 0.1) is 29.8 Å². The fraction of sp³-hybridized carbons (Fsp3) is 0.278. The second-order valence-corrected chi connectivity index (χ2v) is 11.6. The Morgan fingerprint density at radius 1 is 1.04 bits per heavy atom. The van der Waals surface area contributed by atoms with Gasteiger partial charge in [-0.3, -0.25) is 0 Å². The molecule has 3 aromatic carbocycles. The minimum Gasteiger partial charge on any atom is -0.507 e. The molecule has 6 rings (SSSR count). The van der Waals surface area contributed by atoms with Gasteiger partial charge in [0.25, 0.3) is 0 Å². The van der Waals surface area contributed by atoms with Crippen molar-refractivity contribution in [2.75, 3.05) is 19.0 Å². The number of nitrogens with one attached hydrogen (secondary N) is 3. The molecule has 1 aliphatic carbocycles. The van der Waals surface area contributed by atoms with Crippen LogP contribution >= 0.6 is 0 Å². The van der Waals surface area contributed by atoms with Gasteiger partial charge in [0.2, 0.25) is 0 Å². The lowest BCUT2D eigenvalue weighted by Gasteiger charge is -2.23. The molecule has 1 atom stereocenters. The van der Waals surface area contributed by atoms with E-state index in [-0.39, 0.29) is 29.3 Å². The highest BCUT2D eigenvalue weighted by molar-refractivity contribution is 5.91. The highest BCUT2D eigenvalue weighted by atomic mass is 19.4. The Bertz CT molecular complexity index is 1970. The molecule has 11 heteroatoms. The number of anilines is 1. The summed E-state index contributed by atoms with van der Waals surface area (Å²) < 4.78 is 50.7. The lowest BCUT2D eigenvalue weighted by Crippen LogP contribution is -2.30. The normalized spacial score (nSPS) is 13.6. The third-order valence-electron chi connectivity index (χ3n) is 8.61. The van der Waals surface area contributed by atoms with Crippen molar-refractivity contribution in [3.63, 3.8) is 0 Å². The highest BCUT2D eigenvalue weighted by Crippen LogP contribution is 2.42. The Morgan fingerprint density at radius 2 is 1.79 bits per heavy atom. The second kappa shape index (κ2) is 13.3. The zero-order valence-corrected chi connectivity index (χ0v) is 25.7. The number of amides is 2. The van der Waals surface area contributed by atoms with Gasteiger partial charge in [-0.25, -0.2) is 9.59 Å². The number of aromatic amines is 1. The Balaban J connectivity index is 1.29. The number of carbonyl (C=O) groups is 1. The molecule has 0 saturated heterocycles. The molecule has 0 saturated carbocycles. The standard InChI is InChI=1S/C36H34F3N3O5/c1-46-29-18-17-22(36(37,38)39)20-27(29)42-35(45)40-19-9-14-24-23-12-5-7-15-26(23)41-32(24)30(21-10-3-2-4-11-21)31-33(43)25-13-6-8-16-28(25)47-34(31)44/h2-5,7,10-12,15,17-18,20,30,41,43H,6,8-9,13-14,16,19H2,1H3,(H2,40,42,45). The number of hydrogen-bond donors (Lipinski definition) is 4. The Labute approximate surface area is 268 Å². The lowest BCUT2D eigenvalue weighted by molar-refractivity contribution is -0.137. The number of aryl methyl sites for hydroxylation is 2. The quantitative estimate of drug-likeness (QED) is 0.123. The maximum atomic E-state index is 13.6. The van der Waals surface area contributed by atoms with E-state index in [2.05, 4.69) is 15.6 Å². The van der Waals surface area contributed by atoms with Crippen LogP contribution in [0.2, 0.25) is 0 Å². The van der Waals surface area contributed by atoms with E-state index in [9.17, 15) is 27.9 Å². The first-order chi connectivity index (χ1) is 22.7. The molecule has 1 aliphatic rings. The summed E-state index contributed by atoms with van der Waals surface area (Å²) in [5, 5.41) is 17.7. The van der Waals surface area contributed by atoms with Crippen molar-refractivity contribution in [2.24, 2.45) is 0 Å². The number of aromatic hydroxyl groups is 1. The van der Waals surface area contributed by atoms with E-state index in [1.807, 2.05) is 54.6 Å². The van der Waals surface area contributed by atoms with Crippen LogP contribution in [0, 0.1) is 0 Å². The number of hydrogen-bond acceptors (Lipinski definition) is 5. The van der Waals surface area contributed by atoms with Crippen molar-refractivity contribution in [1.82, 2.24) is 10.3 Å². The first kappa shape index (κ1) is 31.8. The van der Waals surface area contributed by atoms with Crippen LogP contribution in [0.1, 0.15) is 64.5 Å². The number of halogens is 3. The Hall–Kier alpha value is -5.19. The molecule has 0 aliphatic heterocycles. The number of methoxy groups -OCH3 is 1. The van der Waals surface area contributed by atoms with E-state index < -0.39 is 29.3 Å². The molecule has 2 aromatic heterocycles. The average Bonchev–Trinajstić information content (AvgIpc) is 3.42. The number of fused-ring (bicyclic) bond motifs is 2. The average molecular weight is 646 g/mol. The summed E-state index contributed by atoms with van der Waals surface area (Å²) in [4.78, 5) is 29.8. The van der Waals surface area contributed by atoms with Gasteiger partial charge < -0.3 is 29.9 Å². The van der Waals surface area contributed by atoms with Crippen molar-refractivity contribution in [1.29, 1.82) is 0 Å². The maximum Gasteiger partial charge on any atom is 0.416 e. The summed E-state index contributed by atoms with van der Waals surface area (Å²) in [5.74, 6) is -0.0544. The molecule has 2 heterocycles. The molecule has 5 aromatic rings. The third kappa shape index (κ3) is 6.56. The Kier molecular flexibility index (Phi) is 8.97. The molecular weight excluding hydrogens is 611 g/mol. The number of para-hydroxylation sites is 1. The summed E-state index contributed by atoms with van der Waals surface area (Å²) >= 11 is 0. The van der Waals surface area contributed by atoms with Crippen LogP contribution in [0.25, 0.3) is 10.9 Å². The number of urea groups is 1. The predicted octanol–water partition coefficient (Wildman–Crippen LogP) is 7.67. The summed E-state index contributed by atoms with van der Waals surface area (Å²) in [6, 6.07) is 19.4. The van der Waals surface area contributed by atoms with Crippen LogP contribution in [-0.2, 0) is 25.4 Å². The van der Waals surface area contributed by atoms with Gasteiger partial charge in [-0.15, -0.1) is 0 Å². The third-order valence-corrected chi connectivity index (χ3v) is 8.61. The highest BCUT2D eigenvalue weighted by Gasteiger charge is 2.33. The van der Waals surface area contributed by atoms with E-state index in [1.165, 1.54) is 7.11 Å². The zero-order valence-electron chi connectivity index (χ0n) is 25.7. The van der Waals surface area contributed by atoms with Crippen LogP contribution in [0.15, 0.2) is 82.0 Å². The molecule has 0 fully saturated rings. The summed E-state index contributed by atoms with van der Waals surface area (Å²) in [6.45, 7) is 0.203. The van der Waals surface area contributed by atoms with Crippen LogP contribution in [-0.4, -0.2) is 29.8 Å². The smallest absolute Gasteiger partial charge is 0.416 e. The van der Waals surface area contributed by atoms with Crippen molar-refractivity contribution < 1.29 is 32.2 Å². The molecule has 0 bridgehead atoms. The summed E-state index contributed by atoms with van der Waals surface area (Å²) in [6.07, 6.45) is -0.622. The number of rotatable bonds is 9. The molecule has 4 N–H and O–H groups in total. The molecule has 2 amide bonds. The van der Waals surface area contributed by atoms with Gasteiger partial charge >= 0.3 is 17.8 Å². The fourth-order valence-corrected chi connectivity index (χ4v) is 6.40.